The number of aromatic nitrogens is 1. The lowest BCUT2D eigenvalue weighted by Gasteiger charge is -2.13. The predicted octanol–water partition coefficient (Wildman–Crippen LogP) is 5.08. The van der Waals surface area contributed by atoms with Crippen LogP contribution in [-0.2, 0) is 6.42 Å². The van der Waals surface area contributed by atoms with Crippen molar-refractivity contribution in [2.75, 3.05) is 11.9 Å². The molecule has 1 aromatic carbocycles. The van der Waals surface area contributed by atoms with Gasteiger partial charge in [-0.1, -0.05) is 32.4 Å². The van der Waals surface area contributed by atoms with Gasteiger partial charge in [0.25, 0.3) is 0 Å². The first-order chi connectivity index (χ1) is 9.17. The van der Waals surface area contributed by atoms with Gasteiger partial charge >= 0.3 is 0 Å². The smallest absolute Gasteiger partial charge is 0.0870 e. The number of rotatable bonds is 5. The average molecular weight is 321 g/mol. The number of benzene rings is 1. The molecule has 0 atom stereocenters. The Hall–Kier alpha value is -1.09. The van der Waals surface area contributed by atoms with Gasteiger partial charge in [-0.05, 0) is 47.3 Å². The molecule has 0 aliphatic rings. The molecular formula is C16H21BrN2. The molecule has 0 aliphatic heterocycles. The van der Waals surface area contributed by atoms with Gasteiger partial charge in [-0.3, -0.25) is 4.98 Å². The number of pyridine rings is 1. The third-order valence-corrected chi connectivity index (χ3v) is 4.24. The molecule has 102 valence electrons. The summed E-state index contributed by atoms with van der Waals surface area (Å²) in [5.74, 6) is 0. The monoisotopic (exact) mass is 320 g/mol. The highest BCUT2D eigenvalue weighted by atomic mass is 79.9. The maximum Gasteiger partial charge on any atom is 0.0870 e. The van der Waals surface area contributed by atoms with Gasteiger partial charge in [0.1, 0.15) is 0 Å². The minimum absolute atomic E-state index is 0.996. The quantitative estimate of drug-likeness (QED) is 0.830. The van der Waals surface area contributed by atoms with Crippen LogP contribution in [0, 0.1) is 6.92 Å². The number of nitrogens with zero attached hydrogens (tertiary/aromatic N) is 1. The molecule has 1 N–H and O–H groups in total. The Kier molecular flexibility index (Phi) is 4.81. The van der Waals surface area contributed by atoms with E-state index in [1.54, 1.807) is 0 Å². The molecule has 0 spiro atoms. The van der Waals surface area contributed by atoms with Gasteiger partial charge in [0.2, 0.25) is 0 Å². The number of anilines is 1. The van der Waals surface area contributed by atoms with Gasteiger partial charge in [0.05, 0.1) is 5.52 Å². The summed E-state index contributed by atoms with van der Waals surface area (Å²) in [5.41, 5.74) is 4.68. The fourth-order valence-electron chi connectivity index (χ4n) is 2.20. The van der Waals surface area contributed by atoms with E-state index in [9.17, 15) is 0 Å². The molecule has 0 aliphatic carbocycles. The fraction of sp³-hybridized carbons (Fsp3) is 0.438. The van der Waals surface area contributed by atoms with Gasteiger partial charge in [0.15, 0.2) is 0 Å². The molecule has 0 unspecified atom stereocenters. The SMILES string of the molecule is CCCNc1cc(CCC)nc2c(Br)c(C)ccc12. The third-order valence-electron chi connectivity index (χ3n) is 3.24. The van der Waals surface area contributed by atoms with Crippen molar-refractivity contribution in [3.63, 3.8) is 0 Å². The van der Waals surface area contributed by atoms with E-state index < -0.39 is 0 Å². The molecule has 19 heavy (non-hydrogen) atoms. The van der Waals surface area contributed by atoms with Gasteiger partial charge in [-0.15, -0.1) is 0 Å². The van der Waals surface area contributed by atoms with Crippen LogP contribution >= 0.6 is 15.9 Å². The molecule has 0 saturated carbocycles. The number of nitrogens with one attached hydrogen (secondary N) is 1. The second-order valence-corrected chi connectivity index (χ2v) is 5.72. The van der Waals surface area contributed by atoms with Crippen molar-refractivity contribution >= 4 is 32.5 Å². The van der Waals surface area contributed by atoms with Crippen molar-refractivity contribution in [2.45, 2.75) is 40.0 Å². The molecule has 3 heteroatoms. The first kappa shape index (κ1) is 14.3. The van der Waals surface area contributed by atoms with Crippen LogP contribution < -0.4 is 5.32 Å². The highest BCUT2D eigenvalue weighted by molar-refractivity contribution is 9.10. The number of aryl methyl sites for hydroxylation is 2. The third kappa shape index (κ3) is 3.08. The van der Waals surface area contributed by atoms with Crippen molar-refractivity contribution < 1.29 is 0 Å². The van der Waals surface area contributed by atoms with Crippen LogP contribution in [0.2, 0.25) is 0 Å². The molecule has 0 saturated heterocycles. The molecule has 2 aromatic rings. The van der Waals surface area contributed by atoms with E-state index in [0.29, 0.717) is 0 Å². The highest BCUT2D eigenvalue weighted by Crippen LogP contribution is 2.31. The Morgan fingerprint density at radius 1 is 1.21 bits per heavy atom. The fourth-order valence-corrected chi connectivity index (χ4v) is 2.64. The Bertz CT molecular complexity index is 578. The van der Waals surface area contributed by atoms with Crippen molar-refractivity contribution in [1.29, 1.82) is 0 Å². The summed E-state index contributed by atoms with van der Waals surface area (Å²) in [5, 5.41) is 4.72. The summed E-state index contributed by atoms with van der Waals surface area (Å²) in [6.07, 6.45) is 3.27. The van der Waals surface area contributed by atoms with Crippen LogP contribution in [0.25, 0.3) is 10.9 Å². The zero-order chi connectivity index (χ0) is 13.8. The van der Waals surface area contributed by atoms with Gasteiger partial charge in [-0.2, -0.15) is 0 Å². The highest BCUT2D eigenvalue weighted by Gasteiger charge is 2.09. The van der Waals surface area contributed by atoms with Crippen molar-refractivity contribution in [2.24, 2.45) is 0 Å². The Balaban J connectivity index is 2.60. The molecule has 1 heterocycles. The topological polar surface area (TPSA) is 24.9 Å². The second kappa shape index (κ2) is 6.38. The zero-order valence-electron chi connectivity index (χ0n) is 11.9. The van der Waals surface area contributed by atoms with Crippen molar-refractivity contribution in [3.8, 4) is 0 Å². The minimum atomic E-state index is 0.996. The summed E-state index contributed by atoms with van der Waals surface area (Å²) in [7, 11) is 0. The molecular weight excluding hydrogens is 300 g/mol. The number of halogens is 1. The Morgan fingerprint density at radius 3 is 2.68 bits per heavy atom. The molecule has 0 bridgehead atoms. The summed E-state index contributed by atoms with van der Waals surface area (Å²) in [4.78, 5) is 4.81. The van der Waals surface area contributed by atoms with E-state index in [0.717, 1.165) is 35.8 Å². The van der Waals surface area contributed by atoms with Gasteiger partial charge < -0.3 is 5.32 Å². The molecule has 2 nitrogen and oxygen atoms in total. The van der Waals surface area contributed by atoms with E-state index in [1.165, 1.54) is 22.3 Å². The van der Waals surface area contributed by atoms with Gasteiger partial charge in [0, 0.05) is 27.8 Å². The van der Waals surface area contributed by atoms with Crippen LogP contribution in [-0.4, -0.2) is 11.5 Å². The maximum absolute atomic E-state index is 4.81. The summed E-state index contributed by atoms with van der Waals surface area (Å²) < 4.78 is 1.11. The summed E-state index contributed by atoms with van der Waals surface area (Å²) >= 11 is 3.68. The van der Waals surface area contributed by atoms with E-state index >= 15 is 0 Å². The van der Waals surface area contributed by atoms with E-state index in [-0.39, 0.29) is 0 Å². The van der Waals surface area contributed by atoms with Crippen LogP contribution in [0.4, 0.5) is 5.69 Å². The Labute approximate surface area is 123 Å². The molecule has 0 radical (unpaired) electrons. The minimum Gasteiger partial charge on any atom is -0.384 e. The van der Waals surface area contributed by atoms with Crippen LogP contribution in [0.1, 0.15) is 37.9 Å². The lowest BCUT2D eigenvalue weighted by molar-refractivity contribution is 0.888. The molecule has 0 amide bonds. The molecule has 2 rings (SSSR count). The number of hydrogen-bond donors (Lipinski definition) is 1. The molecule has 0 fully saturated rings. The van der Waals surface area contributed by atoms with Gasteiger partial charge in [-0.25, -0.2) is 0 Å². The summed E-state index contributed by atoms with van der Waals surface area (Å²) in [6.45, 7) is 7.48. The lowest BCUT2D eigenvalue weighted by Crippen LogP contribution is -2.03. The normalized spacial score (nSPS) is 10.9. The average Bonchev–Trinajstić information content (AvgIpc) is 2.41. The van der Waals surface area contributed by atoms with Crippen molar-refractivity contribution in [3.05, 3.63) is 33.9 Å². The van der Waals surface area contributed by atoms with Crippen LogP contribution in [0.15, 0.2) is 22.7 Å². The van der Waals surface area contributed by atoms with E-state index in [4.69, 9.17) is 4.98 Å². The van der Waals surface area contributed by atoms with Crippen LogP contribution in [0.3, 0.4) is 0 Å². The summed E-state index contributed by atoms with van der Waals surface area (Å²) in [6, 6.07) is 6.50. The standard InChI is InChI=1S/C16H21BrN2/c1-4-6-12-10-14(18-9-5-2)13-8-7-11(3)15(17)16(13)19-12/h7-8,10H,4-6,9H2,1-3H3,(H,18,19). The van der Waals surface area contributed by atoms with E-state index in [2.05, 4.69) is 60.2 Å². The van der Waals surface area contributed by atoms with E-state index in [1.807, 2.05) is 0 Å². The first-order valence-electron chi connectivity index (χ1n) is 7.00. The maximum atomic E-state index is 4.81. The number of hydrogen-bond acceptors (Lipinski definition) is 2. The predicted molar refractivity (Wildman–Crippen MR) is 87.0 cm³/mol. The number of fused-ring (bicyclic) bond motifs is 1. The lowest BCUT2D eigenvalue weighted by atomic mass is 10.1. The molecule has 1 aromatic heterocycles. The first-order valence-corrected chi connectivity index (χ1v) is 7.79. The second-order valence-electron chi connectivity index (χ2n) is 4.93. The van der Waals surface area contributed by atoms with Crippen molar-refractivity contribution in [1.82, 2.24) is 4.98 Å². The largest absolute Gasteiger partial charge is 0.384 e. The van der Waals surface area contributed by atoms with Crippen LogP contribution in [0.5, 0.6) is 0 Å². The Morgan fingerprint density at radius 2 is 2.00 bits per heavy atom. The zero-order valence-corrected chi connectivity index (χ0v) is 13.5.